The molecule has 7 heteroatoms. The van der Waals surface area contributed by atoms with E-state index in [-0.39, 0.29) is 11.3 Å². The molecular formula is C23H27N3O3S. The first-order valence-corrected chi connectivity index (χ1v) is 12.2. The van der Waals surface area contributed by atoms with Gasteiger partial charge in [-0.15, -0.1) is 0 Å². The fourth-order valence-corrected chi connectivity index (χ4v) is 5.41. The number of hydrogen-bond acceptors (Lipinski definition) is 4. The van der Waals surface area contributed by atoms with Crippen molar-refractivity contribution in [3.05, 3.63) is 52.0 Å². The number of rotatable bonds is 5. The van der Waals surface area contributed by atoms with Crippen LogP contribution in [0.3, 0.4) is 0 Å². The summed E-state index contributed by atoms with van der Waals surface area (Å²) in [4.78, 5) is 15.0. The Morgan fingerprint density at radius 3 is 2.67 bits per heavy atom. The Balaban J connectivity index is 1.67. The number of aromatic nitrogens is 1. The van der Waals surface area contributed by atoms with E-state index < -0.39 is 10.0 Å². The largest absolute Gasteiger partial charge is 0.370 e. The van der Waals surface area contributed by atoms with Gasteiger partial charge in [0.1, 0.15) is 0 Å². The quantitative estimate of drug-likeness (QED) is 0.797. The van der Waals surface area contributed by atoms with Gasteiger partial charge >= 0.3 is 0 Å². The molecule has 0 radical (unpaired) electrons. The second kappa shape index (κ2) is 6.74. The third-order valence-corrected chi connectivity index (χ3v) is 8.11. The van der Waals surface area contributed by atoms with Gasteiger partial charge in [-0.3, -0.25) is 9.52 Å². The molecule has 1 saturated heterocycles. The maximum Gasteiger partial charge on any atom is 0.254 e. The Hall–Kier alpha value is -2.54. The van der Waals surface area contributed by atoms with Crippen LogP contribution in [-0.4, -0.2) is 31.8 Å². The molecule has 2 heterocycles. The second-order valence-electron chi connectivity index (χ2n) is 8.87. The number of allylic oxidation sites excluding steroid dienone is 1. The molecule has 30 heavy (non-hydrogen) atoms. The predicted octanol–water partition coefficient (Wildman–Crippen LogP) is 3.37. The molecule has 0 bridgehead atoms. The molecule has 2 aliphatic carbocycles. The van der Waals surface area contributed by atoms with Crippen LogP contribution in [0.1, 0.15) is 37.3 Å². The van der Waals surface area contributed by atoms with E-state index in [1.165, 1.54) is 19.3 Å². The summed E-state index contributed by atoms with van der Waals surface area (Å²) in [5, 5.41) is 0. The number of nitrogens with one attached hydrogen (secondary N) is 1. The molecule has 1 saturated carbocycles. The first-order chi connectivity index (χ1) is 14.3. The molecule has 5 rings (SSSR count). The van der Waals surface area contributed by atoms with Crippen LogP contribution in [0.4, 0.5) is 11.4 Å². The zero-order valence-corrected chi connectivity index (χ0v) is 18.3. The van der Waals surface area contributed by atoms with Crippen molar-refractivity contribution in [3.8, 4) is 11.1 Å². The maximum atomic E-state index is 12.6. The lowest BCUT2D eigenvalue weighted by atomic mass is 9.97. The van der Waals surface area contributed by atoms with Gasteiger partial charge in [0.2, 0.25) is 10.0 Å². The first kappa shape index (κ1) is 19.4. The molecule has 158 valence electrons. The number of fused-ring (bicyclic) bond motifs is 1. The third kappa shape index (κ3) is 3.25. The highest BCUT2D eigenvalue weighted by Gasteiger charge is 2.48. The summed E-state index contributed by atoms with van der Waals surface area (Å²) < 4.78 is 28.6. The van der Waals surface area contributed by atoms with Crippen LogP contribution < -0.4 is 15.2 Å². The number of pyridine rings is 1. The highest BCUT2D eigenvalue weighted by atomic mass is 32.2. The maximum absolute atomic E-state index is 12.6. The predicted molar refractivity (Wildman–Crippen MR) is 121 cm³/mol. The minimum atomic E-state index is -3.37. The van der Waals surface area contributed by atoms with Gasteiger partial charge in [0, 0.05) is 54.4 Å². The summed E-state index contributed by atoms with van der Waals surface area (Å²) >= 11 is 0. The van der Waals surface area contributed by atoms with Gasteiger partial charge in [-0.05, 0) is 61.8 Å². The molecule has 1 N–H and O–H groups in total. The topological polar surface area (TPSA) is 71.4 Å². The van der Waals surface area contributed by atoms with E-state index in [4.69, 9.17) is 0 Å². The number of benzene rings is 1. The zero-order chi connectivity index (χ0) is 21.1. The van der Waals surface area contributed by atoms with Crippen molar-refractivity contribution in [3.63, 3.8) is 0 Å². The summed E-state index contributed by atoms with van der Waals surface area (Å²) in [6.45, 7) is 3.68. The lowest BCUT2D eigenvalue weighted by molar-refractivity contribution is 0.581. The van der Waals surface area contributed by atoms with E-state index in [0.717, 1.165) is 41.0 Å². The Bertz CT molecular complexity index is 1220. The lowest BCUT2D eigenvalue weighted by Gasteiger charge is -2.24. The highest BCUT2D eigenvalue weighted by molar-refractivity contribution is 7.92. The number of anilines is 2. The van der Waals surface area contributed by atoms with Crippen LogP contribution in [0.5, 0.6) is 0 Å². The Morgan fingerprint density at radius 1 is 1.17 bits per heavy atom. The monoisotopic (exact) mass is 425 g/mol. The summed E-state index contributed by atoms with van der Waals surface area (Å²) in [6.07, 6.45) is 10.4. The van der Waals surface area contributed by atoms with Gasteiger partial charge in [-0.1, -0.05) is 12.2 Å². The molecular weight excluding hydrogens is 398 g/mol. The zero-order valence-electron chi connectivity index (χ0n) is 17.4. The lowest BCUT2D eigenvalue weighted by Crippen LogP contribution is -2.23. The second-order valence-corrected chi connectivity index (χ2v) is 10.9. The van der Waals surface area contributed by atoms with Crippen LogP contribution in [-0.2, 0) is 23.5 Å². The van der Waals surface area contributed by atoms with Gasteiger partial charge in [0.05, 0.1) is 5.75 Å². The van der Waals surface area contributed by atoms with E-state index in [1.54, 1.807) is 18.5 Å². The van der Waals surface area contributed by atoms with E-state index in [9.17, 15) is 13.2 Å². The number of nitrogens with zero attached hydrogens (tertiary/aromatic N) is 2. The normalized spacial score (nSPS) is 18.8. The molecule has 0 amide bonds. The molecule has 2 fully saturated rings. The van der Waals surface area contributed by atoms with Crippen molar-refractivity contribution < 1.29 is 8.42 Å². The third-order valence-electron chi connectivity index (χ3n) is 6.80. The van der Waals surface area contributed by atoms with Crippen LogP contribution >= 0.6 is 0 Å². The smallest absolute Gasteiger partial charge is 0.254 e. The van der Waals surface area contributed by atoms with Crippen molar-refractivity contribution in [2.24, 2.45) is 12.5 Å². The van der Waals surface area contributed by atoms with Crippen LogP contribution in [0.25, 0.3) is 17.2 Å². The Labute approximate surface area is 177 Å². The molecule has 1 aromatic carbocycles. The molecule has 1 spiro atoms. The fourth-order valence-electron chi connectivity index (χ4n) is 4.78. The van der Waals surface area contributed by atoms with Gasteiger partial charge in [0.25, 0.3) is 5.56 Å². The van der Waals surface area contributed by atoms with Gasteiger partial charge in [-0.25, -0.2) is 8.42 Å². The summed E-state index contributed by atoms with van der Waals surface area (Å²) in [5.74, 6) is 0.0245. The van der Waals surface area contributed by atoms with Crippen molar-refractivity contribution in [1.29, 1.82) is 0 Å². The van der Waals surface area contributed by atoms with Crippen molar-refractivity contribution in [2.75, 3.05) is 28.5 Å². The highest BCUT2D eigenvalue weighted by Crippen LogP contribution is 2.54. The molecule has 2 aromatic rings. The average molecular weight is 426 g/mol. The van der Waals surface area contributed by atoms with Crippen LogP contribution in [0.2, 0.25) is 0 Å². The van der Waals surface area contributed by atoms with Crippen molar-refractivity contribution in [2.45, 2.75) is 32.6 Å². The van der Waals surface area contributed by atoms with Crippen molar-refractivity contribution >= 4 is 27.5 Å². The number of hydrogen-bond donors (Lipinski definition) is 1. The van der Waals surface area contributed by atoms with Crippen molar-refractivity contribution in [1.82, 2.24) is 4.57 Å². The number of aryl methyl sites for hydroxylation is 1. The van der Waals surface area contributed by atoms with E-state index in [0.29, 0.717) is 17.5 Å². The SMILES string of the molecule is CCS(=O)(=O)Nc1ccc(N2CCC3(CC3)C2)c(-c2cn(C)c(=O)c3c2C=CC3)c1. The number of sulfonamides is 1. The van der Waals surface area contributed by atoms with Gasteiger partial charge in [0.15, 0.2) is 0 Å². The average Bonchev–Trinajstić information content (AvgIpc) is 3.12. The molecule has 6 nitrogen and oxygen atoms in total. The summed E-state index contributed by atoms with van der Waals surface area (Å²) in [6, 6.07) is 5.80. The summed E-state index contributed by atoms with van der Waals surface area (Å²) in [5.41, 5.74) is 5.88. The standard InChI is InChI=1S/C23H27N3O3S/c1-3-30(28,29)24-16-7-8-21(26-12-11-23(15-26)9-10-23)19(13-16)20-14-25(2)22(27)18-6-4-5-17(18)20/h4-5,7-8,13-14,24H,3,6,9-12,15H2,1-2H3. The van der Waals surface area contributed by atoms with E-state index >= 15 is 0 Å². The first-order valence-electron chi connectivity index (χ1n) is 10.6. The van der Waals surface area contributed by atoms with Gasteiger partial charge < -0.3 is 9.47 Å². The summed E-state index contributed by atoms with van der Waals surface area (Å²) in [7, 11) is -1.59. The fraction of sp³-hybridized carbons (Fsp3) is 0.435. The van der Waals surface area contributed by atoms with Crippen LogP contribution in [0.15, 0.2) is 35.3 Å². The minimum Gasteiger partial charge on any atom is -0.370 e. The van der Waals surface area contributed by atoms with Crippen LogP contribution in [0, 0.1) is 5.41 Å². The van der Waals surface area contributed by atoms with Gasteiger partial charge in [-0.2, -0.15) is 0 Å². The molecule has 1 aromatic heterocycles. The molecule has 3 aliphatic rings. The Morgan fingerprint density at radius 2 is 1.97 bits per heavy atom. The molecule has 1 aliphatic heterocycles. The Kier molecular flexibility index (Phi) is 4.36. The van der Waals surface area contributed by atoms with E-state index in [1.807, 2.05) is 36.5 Å². The minimum absolute atomic E-state index is 0.0245. The molecule has 0 unspecified atom stereocenters. The van der Waals surface area contributed by atoms with E-state index in [2.05, 4.69) is 9.62 Å². The molecule has 0 atom stereocenters.